The van der Waals surface area contributed by atoms with Crippen molar-refractivity contribution in [3.8, 4) is 24.0 Å². The van der Waals surface area contributed by atoms with Crippen LogP contribution in [-0.2, 0) is 0 Å². The average molecular weight is 389 g/mol. The minimum absolute atomic E-state index is 0.166. The number of likely N-dealkylation sites (tertiary alicyclic amines) is 1. The molecule has 0 aliphatic carbocycles. The molecule has 0 unspecified atom stereocenters. The number of nitrogens with zero attached hydrogens (tertiary/aromatic N) is 4. The maximum atomic E-state index is 11.5. The van der Waals surface area contributed by atoms with Crippen LogP contribution in [0.3, 0.4) is 0 Å². The summed E-state index contributed by atoms with van der Waals surface area (Å²) in [5.41, 5.74) is 2.55. The predicted octanol–water partition coefficient (Wildman–Crippen LogP) is 3.51. The van der Waals surface area contributed by atoms with Crippen LogP contribution in [0, 0.1) is 12.8 Å². The molecule has 4 rings (SSSR count). The summed E-state index contributed by atoms with van der Waals surface area (Å²) < 4.78 is 1.99. The number of likely N-dealkylation sites (N-methyl/N-ethyl adjacent to an activating group) is 1. The van der Waals surface area contributed by atoms with Crippen LogP contribution in [0.5, 0.6) is 0 Å². The SMILES string of the molecule is C#C.CN1CC[C@H](n2cc(-c3ccccc3)c(Nc3cnccc3C(=O)O)n2)C1. The van der Waals surface area contributed by atoms with Crippen molar-refractivity contribution >= 4 is 17.5 Å². The summed E-state index contributed by atoms with van der Waals surface area (Å²) >= 11 is 0. The van der Waals surface area contributed by atoms with Gasteiger partial charge in [0.2, 0.25) is 0 Å². The quantitative estimate of drug-likeness (QED) is 0.650. The highest BCUT2D eigenvalue weighted by molar-refractivity contribution is 5.95. The fourth-order valence-electron chi connectivity index (χ4n) is 3.44. The van der Waals surface area contributed by atoms with Gasteiger partial charge in [0.25, 0.3) is 0 Å². The maximum absolute atomic E-state index is 11.5. The fourth-order valence-corrected chi connectivity index (χ4v) is 3.44. The zero-order valence-corrected chi connectivity index (χ0v) is 16.2. The molecule has 1 aromatic carbocycles. The van der Waals surface area contributed by atoms with E-state index in [1.807, 2.05) is 41.2 Å². The summed E-state index contributed by atoms with van der Waals surface area (Å²) in [6, 6.07) is 11.8. The Morgan fingerprint density at radius 1 is 1.24 bits per heavy atom. The van der Waals surface area contributed by atoms with Crippen molar-refractivity contribution in [1.82, 2.24) is 19.7 Å². The van der Waals surface area contributed by atoms with E-state index in [0.717, 1.165) is 30.6 Å². The molecule has 2 N–H and O–H groups in total. The van der Waals surface area contributed by atoms with E-state index in [1.165, 1.54) is 18.5 Å². The number of hydrogen-bond acceptors (Lipinski definition) is 5. The lowest BCUT2D eigenvalue weighted by molar-refractivity contribution is 0.0698. The number of hydrogen-bond donors (Lipinski definition) is 2. The van der Waals surface area contributed by atoms with E-state index in [2.05, 4.69) is 35.1 Å². The first-order chi connectivity index (χ1) is 14.1. The van der Waals surface area contributed by atoms with E-state index < -0.39 is 5.97 Å². The molecule has 3 heterocycles. The minimum atomic E-state index is -1.00. The maximum Gasteiger partial charge on any atom is 0.337 e. The van der Waals surface area contributed by atoms with Gasteiger partial charge in [-0.05, 0) is 31.6 Å². The molecule has 0 saturated carbocycles. The highest BCUT2D eigenvalue weighted by atomic mass is 16.4. The molecule has 1 aliphatic heterocycles. The Balaban J connectivity index is 0.00000117. The molecule has 7 nitrogen and oxygen atoms in total. The molecule has 0 amide bonds. The number of carboxylic acids is 1. The molecule has 1 atom stereocenters. The lowest BCUT2D eigenvalue weighted by atomic mass is 10.1. The average Bonchev–Trinajstić information content (AvgIpc) is 3.37. The van der Waals surface area contributed by atoms with Gasteiger partial charge < -0.3 is 15.3 Å². The van der Waals surface area contributed by atoms with E-state index in [0.29, 0.717) is 17.5 Å². The van der Waals surface area contributed by atoms with Crippen molar-refractivity contribution in [2.75, 3.05) is 25.5 Å². The molecular weight excluding hydrogens is 366 g/mol. The fraction of sp³-hybridized carbons (Fsp3) is 0.227. The smallest absolute Gasteiger partial charge is 0.337 e. The van der Waals surface area contributed by atoms with E-state index >= 15 is 0 Å². The third kappa shape index (κ3) is 4.45. The van der Waals surface area contributed by atoms with Crippen LogP contribution in [0.25, 0.3) is 11.1 Å². The minimum Gasteiger partial charge on any atom is -0.478 e. The van der Waals surface area contributed by atoms with E-state index in [1.54, 1.807) is 0 Å². The van der Waals surface area contributed by atoms with Gasteiger partial charge in [-0.2, -0.15) is 5.10 Å². The van der Waals surface area contributed by atoms with Crippen molar-refractivity contribution < 1.29 is 9.90 Å². The summed E-state index contributed by atoms with van der Waals surface area (Å²) in [6.45, 7) is 1.99. The first-order valence-corrected chi connectivity index (χ1v) is 9.22. The molecule has 1 saturated heterocycles. The third-order valence-corrected chi connectivity index (χ3v) is 4.86. The van der Waals surface area contributed by atoms with Gasteiger partial charge in [-0.1, -0.05) is 30.3 Å². The number of aromatic nitrogens is 3. The zero-order valence-electron chi connectivity index (χ0n) is 16.2. The number of nitrogens with one attached hydrogen (secondary N) is 1. The number of benzene rings is 1. The largest absolute Gasteiger partial charge is 0.478 e. The number of pyridine rings is 1. The molecular formula is C22H23N5O2. The molecule has 0 bridgehead atoms. The summed E-state index contributed by atoms with van der Waals surface area (Å²) in [4.78, 5) is 17.9. The Kier molecular flexibility index (Phi) is 6.27. The van der Waals surface area contributed by atoms with Gasteiger partial charge in [-0.3, -0.25) is 9.67 Å². The van der Waals surface area contributed by atoms with E-state index in [-0.39, 0.29) is 5.56 Å². The molecule has 7 heteroatoms. The third-order valence-electron chi connectivity index (χ3n) is 4.86. The molecule has 2 aromatic heterocycles. The number of rotatable bonds is 5. The summed E-state index contributed by atoms with van der Waals surface area (Å²) in [7, 11) is 2.11. The van der Waals surface area contributed by atoms with Gasteiger partial charge in [-0.15, -0.1) is 12.8 Å². The van der Waals surface area contributed by atoms with Crippen LogP contribution in [0.15, 0.2) is 55.0 Å². The standard InChI is InChI=1S/C20H21N5O2.C2H2/c1-24-10-8-15(12-24)25-13-17(14-5-3-2-4-6-14)19(23-25)22-18-11-21-9-7-16(18)20(26)27;1-2/h2-7,9,11,13,15H,8,10,12H2,1H3,(H,22,23)(H,26,27);1-2H/t15-;/m0./s1. The lowest BCUT2D eigenvalue weighted by Gasteiger charge is -2.11. The van der Waals surface area contributed by atoms with Crippen molar-refractivity contribution in [1.29, 1.82) is 0 Å². The van der Waals surface area contributed by atoms with E-state index in [9.17, 15) is 9.90 Å². The van der Waals surface area contributed by atoms with Gasteiger partial charge in [0.15, 0.2) is 5.82 Å². The van der Waals surface area contributed by atoms with Crippen molar-refractivity contribution in [3.63, 3.8) is 0 Å². The monoisotopic (exact) mass is 389 g/mol. The number of terminal acetylenes is 1. The van der Waals surface area contributed by atoms with Gasteiger partial charge in [-0.25, -0.2) is 4.79 Å². The summed E-state index contributed by atoms with van der Waals surface area (Å²) in [5, 5.41) is 17.4. The van der Waals surface area contributed by atoms with Crippen LogP contribution in [0.1, 0.15) is 22.8 Å². The summed E-state index contributed by atoms with van der Waals surface area (Å²) in [5.74, 6) is -0.371. The molecule has 3 aromatic rings. The van der Waals surface area contributed by atoms with Crippen LogP contribution in [0.2, 0.25) is 0 Å². The van der Waals surface area contributed by atoms with Crippen molar-refractivity contribution in [2.24, 2.45) is 0 Å². The Bertz CT molecular complexity index is 997. The van der Waals surface area contributed by atoms with Gasteiger partial charge in [0.05, 0.1) is 23.5 Å². The van der Waals surface area contributed by atoms with Crippen molar-refractivity contribution in [3.05, 3.63) is 60.6 Å². The molecule has 0 spiro atoms. The molecule has 1 aliphatic rings. The van der Waals surface area contributed by atoms with E-state index in [4.69, 9.17) is 5.10 Å². The zero-order chi connectivity index (χ0) is 20.8. The van der Waals surface area contributed by atoms with Crippen LogP contribution < -0.4 is 5.32 Å². The highest BCUT2D eigenvalue weighted by Gasteiger charge is 2.24. The van der Waals surface area contributed by atoms with Gasteiger partial charge in [0.1, 0.15) is 0 Å². The Labute approximate surface area is 170 Å². The molecule has 1 fully saturated rings. The number of carbonyl (C=O) groups is 1. The lowest BCUT2D eigenvalue weighted by Crippen LogP contribution is -2.16. The van der Waals surface area contributed by atoms with Crippen molar-refractivity contribution in [2.45, 2.75) is 12.5 Å². The Morgan fingerprint density at radius 3 is 2.66 bits per heavy atom. The second-order valence-corrected chi connectivity index (χ2v) is 6.79. The van der Waals surface area contributed by atoms with Gasteiger partial charge in [0, 0.05) is 24.5 Å². The van der Waals surface area contributed by atoms with Crippen LogP contribution in [0.4, 0.5) is 11.5 Å². The predicted molar refractivity (Wildman–Crippen MR) is 113 cm³/mol. The number of carboxylic acid groups (broad SMARTS) is 1. The number of aromatic carboxylic acids is 1. The van der Waals surface area contributed by atoms with Crippen LogP contribution >= 0.6 is 0 Å². The molecule has 0 radical (unpaired) electrons. The topological polar surface area (TPSA) is 83.3 Å². The second kappa shape index (κ2) is 9.04. The highest BCUT2D eigenvalue weighted by Crippen LogP contribution is 2.32. The van der Waals surface area contributed by atoms with Crippen LogP contribution in [-0.4, -0.2) is 50.9 Å². The Hall–Kier alpha value is -3.63. The molecule has 148 valence electrons. The van der Waals surface area contributed by atoms with Gasteiger partial charge >= 0.3 is 5.97 Å². The second-order valence-electron chi connectivity index (χ2n) is 6.79. The number of anilines is 2. The molecule has 29 heavy (non-hydrogen) atoms. The Morgan fingerprint density at radius 2 is 2.00 bits per heavy atom. The first kappa shape index (κ1) is 20.1. The normalized spacial score (nSPS) is 16.0. The summed E-state index contributed by atoms with van der Waals surface area (Å²) in [6.07, 6.45) is 14.1. The first-order valence-electron chi connectivity index (χ1n) is 9.22.